The topological polar surface area (TPSA) is 22.1 Å². The van der Waals surface area contributed by atoms with Crippen molar-refractivity contribution in [2.24, 2.45) is 0 Å². The van der Waals surface area contributed by atoms with E-state index in [0.29, 0.717) is 0 Å². The standard InChI is InChI=1S/C6H5NOS/c9-5-8-6-1-3-7-4-2-6/h1-5H. The number of aromatic nitrogens is 1. The lowest BCUT2D eigenvalue weighted by molar-refractivity contribution is 0.585. The highest BCUT2D eigenvalue weighted by Gasteiger charge is 1.83. The molecule has 0 unspecified atom stereocenters. The number of hydrogen-bond donors (Lipinski definition) is 0. The van der Waals surface area contributed by atoms with Gasteiger partial charge in [-0.2, -0.15) is 0 Å². The minimum Gasteiger partial charge on any atom is -0.453 e. The van der Waals surface area contributed by atoms with Crippen molar-refractivity contribution in [3.63, 3.8) is 0 Å². The molecule has 0 amide bonds. The van der Waals surface area contributed by atoms with E-state index in [9.17, 15) is 0 Å². The first-order valence-corrected chi connectivity index (χ1v) is 2.91. The fraction of sp³-hybridized carbons (Fsp3) is 0. The molecule has 0 atom stereocenters. The average Bonchev–Trinajstić information content (AvgIpc) is 1.91. The number of ether oxygens (including phenoxy) is 1. The van der Waals surface area contributed by atoms with Gasteiger partial charge in [-0.3, -0.25) is 4.98 Å². The molecule has 0 fully saturated rings. The minimum absolute atomic E-state index is 0.722. The van der Waals surface area contributed by atoms with Crippen LogP contribution in [0.25, 0.3) is 0 Å². The number of hydrogen-bond acceptors (Lipinski definition) is 3. The second-order valence-electron chi connectivity index (χ2n) is 1.40. The van der Waals surface area contributed by atoms with Crippen molar-refractivity contribution < 1.29 is 4.74 Å². The zero-order valence-corrected chi connectivity index (χ0v) is 5.47. The van der Waals surface area contributed by atoms with Gasteiger partial charge >= 0.3 is 0 Å². The van der Waals surface area contributed by atoms with Crippen LogP contribution in [0.1, 0.15) is 0 Å². The Labute approximate surface area is 58.5 Å². The molecule has 46 valence electrons. The van der Waals surface area contributed by atoms with E-state index in [-0.39, 0.29) is 0 Å². The smallest absolute Gasteiger partial charge is 0.154 e. The Morgan fingerprint density at radius 3 is 2.67 bits per heavy atom. The van der Waals surface area contributed by atoms with Crippen LogP contribution in [0.15, 0.2) is 24.5 Å². The molecule has 0 bridgehead atoms. The quantitative estimate of drug-likeness (QED) is 0.578. The van der Waals surface area contributed by atoms with Gasteiger partial charge in [-0.25, -0.2) is 0 Å². The van der Waals surface area contributed by atoms with Crippen LogP contribution in [0.4, 0.5) is 0 Å². The van der Waals surface area contributed by atoms with E-state index in [0.717, 1.165) is 5.75 Å². The lowest BCUT2D eigenvalue weighted by Crippen LogP contribution is -1.84. The van der Waals surface area contributed by atoms with Crippen LogP contribution in [0, 0.1) is 0 Å². The summed E-state index contributed by atoms with van der Waals surface area (Å²) in [6, 6.07) is 3.48. The van der Waals surface area contributed by atoms with Crippen molar-refractivity contribution in [3.8, 4) is 5.75 Å². The normalized spacial score (nSPS) is 8.44. The Kier molecular flexibility index (Phi) is 2.15. The van der Waals surface area contributed by atoms with Gasteiger partial charge in [0.15, 0.2) is 5.55 Å². The average molecular weight is 139 g/mol. The molecule has 1 aromatic heterocycles. The molecule has 1 rings (SSSR count). The Hall–Kier alpha value is -0.960. The van der Waals surface area contributed by atoms with Crippen LogP contribution in [0.3, 0.4) is 0 Å². The zero-order valence-electron chi connectivity index (χ0n) is 4.65. The summed E-state index contributed by atoms with van der Waals surface area (Å²) in [6.45, 7) is 0. The highest BCUT2D eigenvalue weighted by Crippen LogP contribution is 2.04. The number of pyridine rings is 1. The van der Waals surface area contributed by atoms with Crippen molar-refractivity contribution >= 4 is 17.8 Å². The van der Waals surface area contributed by atoms with Gasteiger partial charge in [0.2, 0.25) is 0 Å². The Bertz CT molecular complexity index is 188. The molecule has 0 aromatic carbocycles. The molecular formula is C6H5NOS. The van der Waals surface area contributed by atoms with Crippen LogP contribution < -0.4 is 4.74 Å². The molecule has 2 nitrogen and oxygen atoms in total. The van der Waals surface area contributed by atoms with Gasteiger partial charge < -0.3 is 4.74 Å². The van der Waals surface area contributed by atoms with E-state index >= 15 is 0 Å². The molecule has 0 aliphatic heterocycles. The Morgan fingerprint density at radius 1 is 1.44 bits per heavy atom. The van der Waals surface area contributed by atoms with Gasteiger partial charge in [-0.15, -0.1) is 0 Å². The van der Waals surface area contributed by atoms with Crippen LogP contribution in [0.2, 0.25) is 0 Å². The molecule has 0 radical (unpaired) electrons. The molecule has 9 heavy (non-hydrogen) atoms. The fourth-order valence-electron chi connectivity index (χ4n) is 0.472. The number of rotatable bonds is 2. The molecule has 1 heterocycles. The molecule has 0 aliphatic rings. The summed E-state index contributed by atoms with van der Waals surface area (Å²) in [4.78, 5) is 3.80. The van der Waals surface area contributed by atoms with E-state index < -0.39 is 0 Å². The summed E-state index contributed by atoms with van der Waals surface area (Å²) in [5, 5.41) is 0. The maximum Gasteiger partial charge on any atom is 0.154 e. The van der Waals surface area contributed by atoms with E-state index in [1.807, 2.05) is 0 Å². The molecular weight excluding hydrogens is 134 g/mol. The van der Waals surface area contributed by atoms with Crippen LogP contribution >= 0.6 is 12.2 Å². The first-order chi connectivity index (χ1) is 4.43. The second kappa shape index (κ2) is 3.14. The largest absolute Gasteiger partial charge is 0.453 e. The Morgan fingerprint density at radius 2 is 2.11 bits per heavy atom. The maximum absolute atomic E-state index is 4.86. The molecule has 0 saturated heterocycles. The summed E-state index contributed by atoms with van der Waals surface area (Å²) in [5.41, 5.74) is 1.22. The van der Waals surface area contributed by atoms with Gasteiger partial charge in [0, 0.05) is 12.4 Å². The fourth-order valence-corrected chi connectivity index (χ4v) is 0.583. The van der Waals surface area contributed by atoms with Gasteiger partial charge in [0.25, 0.3) is 0 Å². The van der Waals surface area contributed by atoms with Gasteiger partial charge in [-0.1, -0.05) is 0 Å². The SMILES string of the molecule is S=COc1ccncc1. The van der Waals surface area contributed by atoms with Crippen molar-refractivity contribution in [2.45, 2.75) is 0 Å². The summed E-state index contributed by atoms with van der Waals surface area (Å²) in [7, 11) is 0. The monoisotopic (exact) mass is 139 g/mol. The van der Waals surface area contributed by atoms with Crippen molar-refractivity contribution in [2.75, 3.05) is 0 Å². The summed E-state index contributed by atoms with van der Waals surface area (Å²) in [5.74, 6) is 0.722. The van der Waals surface area contributed by atoms with Gasteiger partial charge in [-0.05, 0) is 24.4 Å². The molecule has 0 aliphatic carbocycles. The lowest BCUT2D eigenvalue weighted by Gasteiger charge is -1.93. The molecule has 1 aromatic rings. The predicted octanol–water partition coefficient (Wildman–Crippen LogP) is 1.42. The van der Waals surface area contributed by atoms with Crippen LogP contribution in [0.5, 0.6) is 5.75 Å². The zero-order chi connectivity index (χ0) is 6.53. The third kappa shape index (κ3) is 1.77. The lowest BCUT2D eigenvalue weighted by atomic mass is 10.5. The third-order valence-electron chi connectivity index (χ3n) is 0.834. The summed E-state index contributed by atoms with van der Waals surface area (Å²) < 4.78 is 4.86. The van der Waals surface area contributed by atoms with Crippen LogP contribution in [-0.4, -0.2) is 10.5 Å². The minimum atomic E-state index is 0.722. The summed E-state index contributed by atoms with van der Waals surface area (Å²) >= 11 is 4.47. The molecule has 0 spiro atoms. The highest BCUT2D eigenvalue weighted by molar-refractivity contribution is 7.78. The highest BCUT2D eigenvalue weighted by atomic mass is 32.1. The molecule has 0 saturated carbocycles. The second-order valence-corrected chi connectivity index (χ2v) is 1.59. The van der Waals surface area contributed by atoms with E-state index in [4.69, 9.17) is 4.74 Å². The van der Waals surface area contributed by atoms with Crippen molar-refractivity contribution in [1.29, 1.82) is 0 Å². The molecule has 0 N–H and O–H groups in total. The first-order valence-electron chi connectivity index (χ1n) is 2.44. The maximum atomic E-state index is 4.86. The number of nitrogens with zero attached hydrogens (tertiary/aromatic N) is 1. The third-order valence-corrected chi connectivity index (χ3v) is 0.930. The van der Waals surface area contributed by atoms with E-state index in [1.165, 1.54) is 5.55 Å². The predicted molar refractivity (Wildman–Crippen MR) is 38.5 cm³/mol. The molecule has 3 heteroatoms. The first kappa shape index (κ1) is 6.16. The summed E-state index contributed by atoms with van der Waals surface area (Å²) in [6.07, 6.45) is 3.29. The van der Waals surface area contributed by atoms with Crippen molar-refractivity contribution in [1.82, 2.24) is 4.98 Å². The van der Waals surface area contributed by atoms with Gasteiger partial charge in [0.05, 0.1) is 0 Å². The Balaban J connectivity index is 2.72. The number of thiocarbonyl (C=S) groups is 1. The van der Waals surface area contributed by atoms with Gasteiger partial charge in [0.1, 0.15) is 5.75 Å². The van der Waals surface area contributed by atoms with E-state index in [1.54, 1.807) is 24.5 Å². The van der Waals surface area contributed by atoms with Crippen LogP contribution in [-0.2, 0) is 0 Å². The van der Waals surface area contributed by atoms with Crippen molar-refractivity contribution in [3.05, 3.63) is 24.5 Å². The van der Waals surface area contributed by atoms with E-state index in [2.05, 4.69) is 17.2 Å².